The molecule has 0 bridgehead atoms. The lowest BCUT2D eigenvalue weighted by molar-refractivity contribution is 0.357. The normalized spacial score (nSPS) is 12.3. The third-order valence-corrected chi connectivity index (χ3v) is 2.64. The lowest BCUT2D eigenvalue weighted by Gasteiger charge is -2.19. The van der Waals surface area contributed by atoms with E-state index in [1.54, 1.807) is 7.11 Å². The highest BCUT2D eigenvalue weighted by atomic mass is 16.5. The zero-order chi connectivity index (χ0) is 12.3. The van der Waals surface area contributed by atoms with Crippen LogP contribution in [0, 0.1) is 25.2 Å². The van der Waals surface area contributed by atoms with E-state index < -0.39 is 0 Å². The summed E-state index contributed by atoms with van der Waals surface area (Å²) in [6, 6.07) is 6.12. The molecular weight excluding hydrogens is 200 g/mol. The van der Waals surface area contributed by atoms with Gasteiger partial charge in [0.1, 0.15) is 11.8 Å². The molecule has 0 N–H and O–H groups in total. The predicted octanol–water partition coefficient (Wildman–Crippen LogP) is 2.44. The van der Waals surface area contributed by atoms with Crippen LogP contribution in [0.15, 0.2) is 12.1 Å². The van der Waals surface area contributed by atoms with E-state index in [0.717, 1.165) is 22.4 Å². The fraction of sp³-hybridized carbons (Fsp3) is 0.462. The fourth-order valence-corrected chi connectivity index (χ4v) is 1.95. The Balaban J connectivity index is 3.23. The maximum atomic E-state index is 9.14. The Morgan fingerprint density at radius 2 is 1.75 bits per heavy atom. The van der Waals surface area contributed by atoms with E-state index in [4.69, 9.17) is 10.00 Å². The lowest BCUT2D eigenvalue weighted by Crippen LogP contribution is -2.18. The molecule has 0 aliphatic carbocycles. The van der Waals surface area contributed by atoms with Gasteiger partial charge in [0.25, 0.3) is 0 Å². The second-order valence-electron chi connectivity index (χ2n) is 4.18. The Bertz CT molecular complexity index is 395. The third-order valence-electron chi connectivity index (χ3n) is 2.64. The van der Waals surface area contributed by atoms with Crippen molar-refractivity contribution in [3.63, 3.8) is 0 Å². The molecule has 1 unspecified atom stereocenters. The molecule has 3 heteroatoms. The molecular formula is C13H18N2O. The topological polar surface area (TPSA) is 36.3 Å². The van der Waals surface area contributed by atoms with Crippen LogP contribution in [0.3, 0.4) is 0 Å². The van der Waals surface area contributed by atoms with Crippen molar-refractivity contribution in [1.29, 1.82) is 5.26 Å². The molecule has 0 spiro atoms. The van der Waals surface area contributed by atoms with Crippen molar-refractivity contribution in [3.8, 4) is 11.8 Å². The number of aryl methyl sites for hydroxylation is 2. The van der Waals surface area contributed by atoms with Gasteiger partial charge in [-0.1, -0.05) is 0 Å². The molecule has 0 aliphatic heterocycles. The zero-order valence-electron chi connectivity index (χ0n) is 10.5. The predicted molar refractivity (Wildman–Crippen MR) is 64.5 cm³/mol. The number of rotatable bonds is 3. The van der Waals surface area contributed by atoms with Gasteiger partial charge in [-0.3, -0.25) is 4.90 Å². The SMILES string of the molecule is COc1c(C)cc(C(C#N)N(C)C)cc1C. The summed E-state index contributed by atoms with van der Waals surface area (Å²) in [5.41, 5.74) is 3.16. The van der Waals surface area contributed by atoms with E-state index >= 15 is 0 Å². The van der Waals surface area contributed by atoms with Crippen LogP contribution in [0.25, 0.3) is 0 Å². The highest BCUT2D eigenvalue weighted by molar-refractivity contribution is 5.45. The van der Waals surface area contributed by atoms with Gasteiger partial charge in [0.15, 0.2) is 0 Å². The highest BCUT2D eigenvalue weighted by Gasteiger charge is 2.15. The van der Waals surface area contributed by atoms with Gasteiger partial charge in [-0.15, -0.1) is 0 Å². The van der Waals surface area contributed by atoms with Gasteiger partial charge < -0.3 is 4.74 Å². The van der Waals surface area contributed by atoms with E-state index in [9.17, 15) is 0 Å². The smallest absolute Gasteiger partial charge is 0.124 e. The molecule has 0 fully saturated rings. The number of nitrogens with zero attached hydrogens (tertiary/aromatic N) is 2. The molecule has 1 aromatic rings. The van der Waals surface area contributed by atoms with Crippen molar-refractivity contribution >= 4 is 0 Å². The van der Waals surface area contributed by atoms with Crippen molar-refractivity contribution in [1.82, 2.24) is 4.90 Å². The molecule has 1 rings (SSSR count). The lowest BCUT2D eigenvalue weighted by atomic mass is 10.0. The average Bonchev–Trinajstić information content (AvgIpc) is 2.17. The first-order chi connectivity index (χ1) is 7.51. The molecule has 3 nitrogen and oxygen atoms in total. The van der Waals surface area contributed by atoms with Crippen LogP contribution >= 0.6 is 0 Å². The van der Waals surface area contributed by atoms with Gasteiger partial charge in [0.2, 0.25) is 0 Å². The minimum atomic E-state index is -0.205. The summed E-state index contributed by atoms with van der Waals surface area (Å²) in [6.07, 6.45) is 0. The number of hydrogen-bond donors (Lipinski definition) is 0. The molecule has 0 radical (unpaired) electrons. The first kappa shape index (κ1) is 12.5. The van der Waals surface area contributed by atoms with Crippen LogP contribution in [0.5, 0.6) is 5.75 Å². The van der Waals surface area contributed by atoms with E-state index in [1.807, 2.05) is 45.0 Å². The number of nitriles is 1. The molecule has 0 amide bonds. The van der Waals surface area contributed by atoms with Crippen molar-refractivity contribution in [2.24, 2.45) is 0 Å². The summed E-state index contributed by atoms with van der Waals surface area (Å²) in [4.78, 5) is 1.90. The summed E-state index contributed by atoms with van der Waals surface area (Å²) < 4.78 is 5.31. The van der Waals surface area contributed by atoms with Crippen LogP contribution < -0.4 is 4.74 Å². The van der Waals surface area contributed by atoms with E-state index in [1.165, 1.54) is 0 Å². The standard InChI is InChI=1S/C13H18N2O/c1-9-6-11(12(8-14)15(3)4)7-10(2)13(9)16-5/h6-7,12H,1-5H3. The van der Waals surface area contributed by atoms with Gasteiger partial charge in [0.05, 0.1) is 13.2 Å². The number of ether oxygens (including phenoxy) is 1. The first-order valence-electron chi connectivity index (χ1n) is 5.22. The highest BCUT2D eigenvalue weighted by Crippen LogP contribution is 2.28. The van der Waals surface area contributed by atoms with Gasteiger partial charge in [-0.2, -0.15) is 5.26 Å². The molecule has 1 aromatic carbocycles. The molecule has 0 aliphatic rings. The van der Waals surface area contributed by atoms with Crippen LogP contribution in [0.4, 0.5) is 0 Å². The molecule has 86 valence electrons. The summed E-state index contributed by atoms with van der Waals surface area (Å²) in [5.74, 6) is 0.902. The summed E-state index contributed by atoms with van der Waals surface area (Å²) >= 11 is 0. The number of hydrogen-bond acceptors (Lipinski definition) is 3. The van der Waals surface area contributed by atoms with Crippen LogP contribution in [-0.4, -0.2) is 26.1 Å². The van der Waals surface area contributed by atoms with E-state index in [-0.39, 0.29) is 6.04 Å². The Morgan fingerprint density at radius 3 is 2.06 bits per heavy atom. The van der Waals surface area contributed by atoms with Crippen molar-refractivity contribution in [2.45, 2.75) is 19.9 Å². The number of benzene rings is 1. The quantitative estimate of drug-likeness (QED) is 0.781. The third kappa shape index (κ3) is 2.34. The van der Waals surface area contributed by atoms with Gasteiger partial charge in [0, 0.05) is 0 Å². The van der Waals surface area contributed by atoms with Crippen LogP contribution in [-0.2, 0) is 0 Å². The van der Waals surface area contributed by atoms with Crippen molar-refractivity contribution in [3.05, 3.63) is 28.8 Å². The van der Waals surface area contributed by atoms with Crippen molar-refractivity contribution in [2.75, 3.05) is 21.2 Å². The van der Waals surface area contributed by atoms with Gasteiger partial charge in [-0.25, -0.2) is 0 Å². The largest absolute Gasteiger partial charge is 0.496 e. The second-order valence-corrected chi connectivity index (χ2v) is 4.18. The van der Waals surface area contributed by atoms with Crippen LogP contribution in [0.1, 0.15) is 22.7 Å². The number of methoxy groups -OCH3 is 1. The average molecular weight is 218 g/mol. The Hall–Kier alpha value is -1.53. The molecule has 16 heavy (non-hydrogen) atoms. The molecule has 0 saturated carbocycles. The van der Waals surface area contributed by atoms with Crippen LogP contribution in [0.2, 0.25) is 0 Å². The minimum absolute atomic E-state index is 0.205. The van der Waals surface area contributed by atoms with Gasteiger partial charge >= 0.3 is 0 Å². The Morgan fingerprint density at radius 1 is 1.25 bits per heavy atom. The van der Waals surface area contributed by atoms with E-state index in [2.05, 4.69) is 6.07 Å². The maximum Gasteiger partial charge on any atom is 0.124 e. The fourth-order valence-electron chi connectivity index (χ4n) is 1.95. The maximum absolute atomic E-state index is 9.14. The summed E-state index contributed by atoms with van der Waals surface area (Å²) in [5, 5.41) is 9.14. The van der Waals surface area contributed by atoms with Gasteiger partial charge in [-0.05, 0) is 56.8 Å². The zero-order valence-corrected chi connectivity index (χ0v) is 10.5. The first-order valence-corrected chi connectivity index (χ1v) is 5.22. The molecule has 1 atom stereocenters. The second kappa shape index (κ2) is 5.00. The summed E-state index contributed by atoms with van der Waals surface area (Å²) in [7, 11) is 5.48. The molecule has 0 aromatic heterocycles. The summed E-state index contributed by atoms with van der Waals surface area (Å²) in [6.45, 7) is 4.00. The van der Waals surface area contributed by atoms with Crippen molar-refractivity contribution < 1.29 is 4.74 Å². The monoisotopic (exact) mass is 218 g/mol. The Kier molecular flexibility index (Phi) is 3.92. The Labute approximate surface area is 97.3 Å². The molecule has 0 heterocycles. The minimum Gasteiger partial charge on any atom is -0.496 e. The molecule has 0 saturated heterocycles. The van der Waals surface area contributed by atoms with E-state index in [0.29, 0.717) is 0 Å².